The Balaban J connectivity index is 1.67. The molecule has 0 saturated heterocycles. The van der Waals surface area contributed by atoms with E-state index in [1.165, 1.54) is 19.2 Å². The second kappa shape index (κ2) is 11.3. The van der Waals surface area contributed by atoms with Crippen LogP contribution < -0.4 is 5.32 Å². The molecular weight excluding hydrogens is 507 g/mol. The van der Waals surface area contributed by atoms with Crippen molar-refractivity contribution in [1.29, 1.82) is 0 Å². The number of hydrogen-bond acceptors (Lipinski definition) is 4. The summed E-state index contributed by atoms with van der Waals surface area (Å²) in [6, 6.07) is 17.1. The van der Waals surface area contributed by atoms with E-state index in [0.29, 0.717) is 29.5 Å². The van der Waals surface area contributed by atoms with Gasteiger partial charge < -0.3 is 10.1 Å². The third kappa shape index (κ3) is 6.30. The summed E-state index contributed by atoms with van der Waals surface area (Å²) in [5.74, 6) is -0.539. The van der Waals surface area contributed by atoms with Gasteiger partial charge in [0.1, 0.15) is 0 Å². The van der Waals surface area contributed by atoms with Crippen LogP contribution in [0, 0.1) is 5.92 Å². The van der Waals surface area contributed by atoms with Crippen molar-refractivity contribution in [3.63, 3.8) is 0 Å². The number of halogens is 3. The van der Waals surface area contributed by atoms with Crippen LogP contribution in [0.25, 0.3) is 10.9 Å². The number of amides is 1. The molecule has 1 N–H and O–H groups in total. The molecule has 0 aliphatic heterocycles. The van der Waals surface area contributed by atoms with Gasteiger partial charge in [0.15, 0.2) is 5.69 Å². The maximum absolute atomic E-state index is 13.5. The quantitative estimate of drug-likeness (QED) is 0.258. The number of rotatable bonds is 8. The number of ether oxygens (including phenoxy) is 1. The first-order valence-corrected chi connectivity index (χ1v) is 12.6. The Kier molecular flexibility index (Phi) is 8.09. The number of hydrogen-bond donors (Lipinski definition) is 1. The number of methoxy groups -OCH3 is 1. The zero-order valence-corrected chi connectivity index (χ0v) is 22.2. The van der Waals surface area contributed by atoms with Crippen LogP contribution >= 0.6 is 0 Å². The van der Waals surface area contributed by atoms with E-state index in [-0.39, 0.29) is 23.6 Å². The molecule has 0 bridgehead atoms. The lowest BCUT2D eigenvalue weighted by molar-refractivity contribution is -0.137. The molecule has 9 heteroatoms. The first-order valence-electron chi connectivity index (χ1n) is 12.6. The van der Waals surface area contributed by atoms with Crippen LogP contribution in [-0.2, 0) is 23.9 Å². The van der Waals surface area contributed by atoms with Crippen LogP contribution in [0.3, 0.4) is 0 Å². The van der Waals surface area contributed by atoms with Crippen molar-refractivity contribution in [3.8, 4) is 0 Å². The van der Waals surface area contributed by atoms with Gasteiger partial charge in [0.05, 0.1) is 29.8 Å². The molecule has 0 fully saturated rings. The van der Waals surface area contributed by atoms with Crippen molar-refractivity contribution in [1.82, 2.24) is 15.1 Å². The van der Waals surface area contributed by atoms with Gasteiger partial charge in [-0.05, 0) is 66.3 Å². The average Bonchev–Trinajstić information content (AvgIpc) is 3.27. The fraction of sp³-hybridized carbons (Fsp3) is 0.300. The molecule has 39 heavy (non-hydrogen) atoms. The van der Waals surface area contributed by atoms with E-state index in [2.05, 4.69) is 24.3 Å². The molecule has 1 amide bonds. The maximum atomic E-state index is 13.5. The molecule has 0 saturated carbocycles. The summed E-state index contributed by atoms with van der Waals surface area (Å²) in [4.78, 5) is 25.3. The van der Waals surface area contributed by atoms with Gasteiger partial charge in [-0.2, -0.15) is 18.3 Å². The van der Waals surface area contributed by atoms with Gasteiger partial charge in [0, 0.05) is 11.9 Å². The molecule has 1 atom stereocenters. The SMILES string of the molecule is COC(=O)c1ccc(C(C)NC(=O)c2nn(CC(C)C)c3cccc(Cc4ccc(C(F)(F)F)cc4)c23)cc1. The van der Waals surface area contributed by atoms with Crippen molar-refractivity contribution in [2.45, 2.75) is 46.0 Å². The Morgan fingerprint density at radius 2 is 1.64 bits per heavy atom. The van der Waals surface area contributed by atoms with Crippen molar-refractivity contribution in [3.05, 3.63) is 100 Å². The number of nitrogens with one attached hydrogen (secondary N) is 1. The molecule has 4 rings (SSSR count). The lowest BCUT2D eigenvalue weighted by Gasteiger charge is -2.14. The first-order chi connectivity index (χ1) is 18.5. The molecule has 0 aliphatic carbocycles. The highest BCUT2D eigenvalue weighted by Crippen LogP contribution is 2.31. The van der Waals surface area contributed by atoms with Gasteiger partial charge in [-0.3, -0.25) is 9.48 Å². The van der Waals surface area contributed by atoms with Crippen LogP contribution in [-0.4, -0.2) is 28.8 Å². The predicted molar refractivity (Wildman–Crippen MR) is 142 cm³/mol. The van der Waals surface area contributed by atoms with Crippen molar-refractivity contribution >= 4 is 22.8 Å². The van der Waals surface area contributed by atoms with Gasteiger partial charge in [-0.25, -0.2) is 4.79 Å². The molecule has 3 aromatic carbocycles. The summed E-state index contributed by atoms with van der Waals surface area (Å²) in [5.41, 5.74) is 3.03. The fourth-order valence-corrected chi connectivity index (χ4v) is 4.50. The fourth-order valence-electron chi connectivity index (χ4n) is 4.50. The second-order valence-corrected chi connectivity index (χ2v) is 9.92. The molecule has 1 heterocycles. The summed E-state index contributed by atoms with van der Waals surface area (Å²) in [5, 5.41) is 8.33. The first kappa shape index (κ1) is 27.9. The Bertz CT molecular complexity index is 1470. The van der Waals surface area contributed by atoms with Gasteiger partial charge in [0.25, 0.3) is 5.91 Å². The lowest BCUT2D eigenvalue weighted by atomic mass is 9.98. The van der Waals surface area contributed by atoms with E-state index >= 15 is 0 Å². The highest BCUT2D eigenvalue weighted by molar-refractivity contribution is 6.06. The molecule has 1 unspecified atom stereocenters. The average molecular weight is 538 g/mol. The van der Waals surface area contributed by atoms with Crippen LogP contribution in [0.5, 0.6) is 0 Å². The summed E-state index contributed by atoms with van der Waals surface area (Å²) >= 11 is 0. The molecular formula is C30H30F3N3O3. The van der Waals surface area contributed by atoms with Crippen LogP contribution in [0.4, 0.5) is 13.2 Å². The highest BCUT2D eigenvalue weighted by atomic mass is 19.4. The van der Waals surface area contributed by atoms with Gasteiger partial charge in [0.2, 0.25) is 0 Å². The molecule has 1 aromatic heterocycles. The summed E-state index contributed by atoms with van der Waals surface area (Å²) in [7, 11) is 1.31. The molecule has 6 nitrogen and oxygen atoms in total. The minimum absolute atomic E-state index is 0.256. The standard InChI is InChI=1S/C30H30F3N3O3/c1-18(2)17-36-25-7-5-6-23(16-20-8-14-24(15-9-20)30(31,32)33)26(25)27(35-36)28(37)34-19(3)21-10-12-22(13-11-21)29(38)39-4/h5-15,18-19H,16-17H2,1-4H3,(H,34,37). The van der Waals surface area contributed by atoms with Crippen molar-refractivity contribution in [2.75, 3.05) is 7.11 Å². The number of nitrogens with zero attached hydrogens (tertiary/aromatic N) is 2. The zero-order valence-electron chi connectivity index (χ0n) is 22.2. The molecule has 0 spiro atoms. The number of alkyl halides is 3. The van der Waals surface area contributed by atoms with E-state index in [1.807, 2.05) is 25.1 Å². The maximum Gasteiger partial charge on any atom is 0.416 e. The van der Waals surface area contributed by atoms with E-state index in [1.54, 1.807) is 28.9 Å². The normalized spacial score (nSPS) is 12.5. The Morgan fingerprint density at radius 3 is 2.23 bits per heavy atom. The Labute approximate surface area is 224 Å². The number of benzene rings is 3. The summed E-state index contributed by atoms with van der Waals surface area (Å²) in [6.45, 7) is 6.54. The number of carbonyl (C=O) groups excluding carboxylic acids is 2. The van der Waals surface area contributed by atoms with Gasteiger partial charge in [-0.1, -0.05) is 50.2 Å². The Hall–Kier alpha value is -4.14. The number of esters is 1. The Morgan fingerprint density at radius 1 is 0.974 bits per heavy atom. The molecule has 204 valence electrons. The van der Waals surface area contributed by atoms with E-state index in [4.69, 9.17) is 4.74 Å². The minimum Gasteiger partial charge on any atom is -0.465 e. The largest absolute Gasteiger partial charge is 0.465 e. The highest BCUT2D eigenvalue weighted by Gasteiger charge is 2.30. The van der Waals surface area contributed by atoms with Gasteiger partial charge in [-0.15, -0.1) is 0 Å². The number of fused-ring (bicyclic) bond motifs is 1. The lowest BCUT2D eigenvalue weighted by Crippen LogP contribution is -2.27. The smallest absolute Gasteiger partial charge is 0.416 e. The molecule has 4 aromatic rings. The van der Waals surface area contributed by atoms with E-state index in [0.717, 1.165) is 28.8 Å². The third-order valence-electron chi connectivity index (χ3n) is 6.47. The third-order valence-corrected chi connectivity index (χ3v) is 6.47. The van der Waals surface area contributed by atoms with Crippen LogP contribution in [0.1, 0.15) is 69.9 Å². The van der Waals surface area contributed by atoms with Crippen LogP contribution in [0.2, 0.25) is 0 Å². The van der Waals surface area contributed by atoms with E-state index < -0.39 is 17.7 Å². The topological polar surface area (TPSA) is 73.2 Å². The second-order valence-electron chi connectivity index (χ2n) is 9.92. The number of carbonyl (C=O) groups is 2. The monoisotopic (exact) mass is 537 g/mol. The van der Waals surface area contributed by atoms with Crippen molar-refractivity contribution in [2.24, 2.45) is 5.92 Å². The summed E-state index contributed by atoms with van der Waals surface area (Å²) < 4.78 is 45.6. The number of aromatic nitrogens is 2. The van der Waals surface area contributed by atoms with Gasteiger partial charge >= 0.3 is 12.1 Å². The zero-order chi connectivity index (χ0) is 28.3. The molecule has 0 aliphatic rings. The van der Waals surface area contributed by atoms with Crippen LogP contribution in [0.15, 0.2) is 66.7 Å². The van der Waals surface area contributed by atoms with Crippen molar-refractivity contribution < 1.29 is 27.5 Å². The molecule has 0 radical (unpaired) electrons. The summed E-state index contributed by atoms with van der Waals surface area (Å²) in [6.07, 6.45) is -4.06. The predicted octanol–water partition coefficient (Wildman–Crippen LogP) is 6.58. The minimum atomic E-state index is -4.40. The van der Waals surface area contributed by atoms with E-state index in [9.17, 15) is 22.8 Å².